The maximum atomic E-state index is 10.5. The Kier molecular flexibility index (Phi) is 4.93. The fourth-order valence-electron chi connectivity index (χ4n) is 0.749. The molecule has 0 rings (SSSR count). The maximum absolute atomic E-state index is 10.5. The fraction of sp³-hybridized carbons (Fsp3) is 0.750. The highest BCUT2D eigenvalue weighted by Gasteiger charge is 2.15. The number of guanidine groups is 1. The highest BCUT2D eigenvalue weighted by molar-refractivity contribution is 5.75. The van der Waals surface area contributed by atoms with Crippen molar-refractivity contribution in [3.05, 3.63) is 0 Å². The highest BCUT2D eigenvalue weighted by atomic mass is 16.7. The van der Waals surface area contributed by atoms with E-state index in [1.807, 2.05) is 20.8 Å². The summed E-state index contributed by atoms with van der Waals surface area (Å²) in [6.07, 6.45) is 0.605. The molecule has 0 aromatic rings. The van der Waals surface area contributed by atoms with Crippen LogP contribution < -0.4 is 11.5 Å². The molecular formula is C8H18N4O2. The monoisotopic (exact) mass is 202 g/mol. The van der Waals surface area contributed by atoms with Crippen molar-refractivity contribution in [2.75, 3.05) is 13.1 Å². The molecule has 0 atom stereocenters. The topological polar surface area (TPSA) is 93.9 Å². The second kappa shape index (κ2) is 5.43. The molecule has 82 valence electrons. The van der Waals surface area contributed by atoms with Gasteiger partial charge in [-0.3, -0.25) is 14.6 Å². The summed E-state index contributed by atoms with van der Waals surface area (Å²) in [7, 11) is 0. The molecule has 0 unspecified atom stereocenters. The molecule has 14 heavy (non-hydrogen) atoms. The van der Waals surface area contributed by atoms with Gasteiger partial charge >= 0.3 is 0 Å². The number of aliphatic imine (C=N–C) groups is 1. The lowest BCUT2D eigenvalue weighted by molar-refractivity contribution is -0.214. The van der Waals surface area contributed by atoms with Crippen LogP contribution in [0.2, 0.25) is 0 Å². The zero-order chi connectivity index (χ0) is 11.2. The van der Waals surface area contributed by atoms with Crippen molar-refractivity contribution < 1.29 is 9.63 Å². The first-order valence-corrected chi connectivity index (χ1v) is 4.31. The van der Waals surface area contributed by atoms with Crippen LogP contribution >= 0.6 is 0 Å². The summed E-state index contributed by atoms with van der Waals surface area (Å²) in [5.41, 5.74) is 9.85. The van der Waals surface area contributed by atoms with Crippen molar-refractivity contribution in [1.29, 1.82) is 0 Å². The average molecular weight is 202 g/mol. The minimum atomic E-state index is -0.404. The van der Waals surface area contributed by atoms with Crippen LogP contribution in [0, 0.1) is 0 Å². The zero-order valence-electron chi connectivity index (χ0n) is 8.86. The van der Waals surface area contributed by atoms with Gasteiger partial charge in [-0.05, 0) is 20.8 Å². The van der Waals surface area contributed by atoms with Crippen LogP contribution in [0.5, 0.6) is 0 Å². The summed E-state index contributed by atoms with van der Waals surface area (Å²) in [6.45, 7) is 6.22. The fourth-order valence-corrected chi connectivity index (χ4v) is 0.749. The molecular weight excluding hydrogens is 184 g/mol. The first kappa shape index (κ1) is 12.7. The summed E-state index contributed by atoms with van der Waals surface area (Å²) >= 11 is 0. The first-order valence-electron chi connectivity index (χ1n) is 4.31. The summed E-state index contributed by atoms with van der Waals surface area (Å²) in [5.74, 6) is 0.00612. The van der Waals surface area contributed by atoms with Crippen molar-refractivity contribution in [3.63, 3.8) is 0 Å². The van der Waals surface area contributed by atoms with E-state index in [-0.39, 0.29) is 5.96 Å². The molecule has 0 heterocycles. The second-order valence-electron chi connectivity index (χ2n) is 3.76. The molecule has 0 bridgehead atoms. The zero-order valence-corrected chi connectivity index (χ0v) is 8.86. The van der Waals surface area contributed by atoms with Gasteiger partial charge in [0.05, 0.1) is 18.7 Å². The third-order valence-electron chi connectivity index (χ3n) is 1.12. The van der Waals surface area contributed by atoms with E-state index in [4.69, 9.17) is 16.3 Å². The Morgan fingerprint density at radius 3 is 2.43 bits per heavy atom. The Balaban J connectivity index is 3.93. The largest absolute Gasteiger partial charge is 0.370 e. The number of nitrogens with two attached hydrogens (primary N) is 2. The van der Waals surface area contributed by atoms with Crippen LogP contribution in [-0.4, -0.2) is 36.1 Å². The quantitative estimate of drug-likeness (QED) is 0.270. The molecule has 0 saturated heterocycles. The van der Waals surface area contributed by atoms with Crippen molar-refractivity contribution in [1.82, 2.24) is 5.06 Å². The van der Waals surface area contributed by atoms with Gasteiger partial charge in [-0.2, -0.15) is 0 Å². The molecule has 0 aliphatic rings. The van der Waals surface area contributed by atoms with Crippen LogP contribution in [0.15, 0.2) is 4.99 Å². The highest BCUT2D eigenvalue weighted by Crippen LogP contribution is 2.08. The van der Waals surface area contributed by atoms with E-state index in [1.54, 1.807) is 0 Å². The lowest BCUT2D eigenvalue weighted by Crippen LogP contribution is -2.35. The molecule has 0 aromatic carbocycles. The molecule has 0 spiro atoms. The SMILES string of the molecule is CC(C)(C)ON(C=O)CCN=C(N)N. The molecule has 0 radical (unpaired) electrons. The van der Waals surface area contributed by atoms with Gasteiger partial charge in [0.1, 0.15) is 0 Å². The van der Waals surface area contributed by atoms with Gasteiger partial charge in [-0.15, -0.1) is 0 Å². The normalized spacial score (nSPS) is 10.8. The van der Waals surface area contributed by atoms with Gasteiger partial charge in [0.15, 0.2) is 5.96 Å². The number of nitrogens with zero attached hydrogens (tertiary/aromatic N) is 2. The van der Waals surface area contributed by atoms with Gasteiger partial charge in [0, 0.05) is 0 Å². The van der Waals surface area contributed by atoms with Gasteiger partial charge in [-0.1, -0.05) is 0 Å². The molecule has 0 aromatic heterocycles. The Morgan fingerprint density at radius 2 is 2.07 bits per heavy atom. The number of rotatable bonds is 5. The average Bonchev–Trinajstić information content (AvgIpc) is 1.99. The molecule has 0 aliphatic carbocycles. The van der Waals surface area contributed by atoms with Crippen molar-refractivity contribution >= 4 is 12.4 Å². The third-order valence-corrected chi connectivity index (χ3v) is 1.12. The predicted octanol–water partition coefficient (Wildman–Crippen LogP) is -0.552. The maximum Gasteiger partial charge on any atom is 0.233 e. The van der Waals surface area contributed by atoms with Gasteiger partial charge in [0.25, 0.3) is 0 Å². The molecule has 6 heteroatoms. The summed E-state index contributed by atoms with van der Waals surface area (Å²) in [6, 6.07) is 0. The third kappa shape index (κ3) is 7.35. The van der Waals surface area contributed by atoms with E-state index in [0.717, 1.165) is 0 Å². The van der Waals surface area contributed by atoms with Crippen molar-refractivity contribution in [2.24, 2.45) is 16.5 Å². The number of carbonyl (C=O) groups is 1. The second-order valence-corrected chi connectivity index (χ2v) is 3.76. The van der Waals surface area contributed by atoms with Crippen LogP contribution in [0.25, 0.3) is 0 Å². The number of amides is 1. The Morgan fingerprint density at radius 1 is 1.50 bits per heavy atom. The van der Waals surface area contributed by atoms with Crippen molar-refractivity contribution in [2.45, 2.75) is 26.4 Å². The predicted molar refractivity (Wildman–Crippen MR) is 54.3 cm³/mol. The van der Waals surface area contributed by atoms with Gasteiger partial charge in [0.2, 0.25) is 6.41 Å². The molecule has 0 aliphatic heterocycles. The van der Waals surface area contributed by atoms with Crippen LogP contribution in [0.3, 0.4) is 0 Å². The first-order chi connectivity index (χ1) is 6.35. The van der Waals surface area contributed by atoms with E-state index < -0.39 is 5.60 Å². The van der Waals surface area contributed by atoms with Gasteiger partial charge < -0.3 is 11.5 Å². The molecule has 1 amide bonds. The summed E-state index contributed by atoms with van der Waals surface area (Å²) in [4.78, 5) is 19.6. The summed E-state index contributed by atoms with van der Waals surface area (Å²) < 4.78 is 0. The Labute approximate surface area is 83.9 Å². The lowest BCUT2D eigenvalue weighted by Gasteiger charge is -2.26. The Bertz CT molecular complexity index is 206. The summed E-state index contributed by atoms with van der Waals surface area (Å²) in [5, 5.41) is 1.17. The molecule has 0 saturated carbocycles. The van der Waals surface area contributed by atoms with E-state index >= 15 is 0 Å². The van der Waals surface area contributed by atoms with E-state index in [2.05, 4.69) is 4.99 Å². The van der Waals surface area contributed by atoms with Crippen molar-refractivity contribution in [3.8, 4) is 0 Å². The van der Waals surface area contributed by atoms with E-state index in [0.29, 0.717) is 19.5 Å². The number of hydrogen-bond acceptors (Lipinski definition) is 3. The molecule has 6 nitrogen and oxygen atoms in total. The number of hydroxylamine groups is 2. The minimum Gasteiger partial charge on any atom is -0.370 e. The molecule has 0 fully saturated rings. The van der Waals surface area contributed by atoms with E-state index in [1.165, 1.54) is 5.06 Å². The number of carbonyl (C=O) groups excluding carboxylic acids is 1. The standard InChI is InChI=1S/C8H18N4O2/c1-8(2,3)14-12(6-13)5-4-11-7(9)10/h6H,4-5H2,1-3H3,(H4,9,10,11). The van der Waals surface area contributed by atoms with E-state index in [9.17, 15) is 4.79 Å². The minimum absolute atomic E-state index is 0.00612. The van der Waals surface area contributed by atoms with Crippen LogP contribution in [-0.2, 0) is 9.63 Å². The molecule has 4 N–H and O–H groups in total. The van der Waals surface area contributed by atoms with Crippen LogP contribution in [0.1, 0.15) is 20.8 Å². The smallest absolute Gasteiger partial charge is 0.233 e. The lowest BCUT2D eigenvalue weighted by atomic mass is 10.2. The number of hydrogen-bond donors (Lipinski definition) is 2. The van der Waals surface area contributed by atoms with Crippen LogP contribution in [0.4, 0.5) is 0 Å². The Hall–Kier alpha value is -1.30. The van der Waals surface area contributed by atoms with Gasteiger partial charge in [-0.25, -0.2) is 5.06 Å².